The molecule has 1 aliphatic carbocycles. The molecule has 3 rings (SSSR count). The number of benzene rings is 1. The second-order valence-electron chi connectivity index (χ2n) is 5.55. The Morgan fingerprint density at radius 2 is 2.00 bits per heavy atom. The van der Waals surface area contributed by atoms with E-state index in [9.17, 15) is 4.79 Å². The van der Waals surface area contributed by atoms with Gasteiger partial charge in [0.15, 0.2) is 4.34 Å². The van der Waals surface area contributed by atoms with E-state index in [-0.39, 0.29) is 5.91 Å². The number of thioether (sulfide) groups is 1. The second kappa shape index (κ2) is 8.31. The number of hydrogen-bond acceptors (Lipinski definition) is 6. The quantitative estimate of drug-likeness (QED) is 0.752. The highest BCUT2D eigenvalue weighted by Gasteiger charge is 2.17. The lowest BCUT2D eigenvalue weighted by Crippen LogP contribution is -2.33. The molecule has 7 heteroatoms. The van der Waals surface area contributed by atoms with Gasteiger partial charge in [0.2, 0.25) is 11.0 Å². The van der Waals surface area contributed by atoms with Crippen LogP contribution in [0.1, 0.15) is 31.2 Å². The molecule has 2 N–H and O–H groups in total. The van der Waals surface area contributed by atoms with Crippen molar-refractivity contribution in [3.8, 4) is 0 Å². The van der Waals surface area contributed by atoms with Crippen LogP contribution in [0.2, 0.25) is 0 Å². The third-order valence-electron chi connectivity index (χ3n) is 3.74. The van der Waals surface area contributed by atoms with E-state index in [0.29, 0.717) is 11.8 Å². The summed E-state index contributed by atoms with van der Waals surface area (Å²) in [5.74, 6) is 0.500. The van der Waals surface area contributed by atoms with Crippen molar-refractivity contribution >= 4 is 34.1 Å². The summed E-state index contributed by atoms with van der Waals surface area (Å²) in [7, 11) is 0. The Morgan fingerprint density at radius 1 is 1.22 bits per heavy atom. The van der Waals surface area contributed by atoms with Crippen LogP contribution in [0.15, 0.2) is 34.7 Å². The summed E-state index contributed by atoms with van der Waals surface area (Å²) in [4.78, 5) is 11.9. The molecule has 1 aliphatic rings. The fraction of sp³-hybridized carbons (Fsp3) is 0.438. The lowest BCUT2D eigenvalue weighted by Gasteiger charge is -2.10. The zero-order chi connectivity index (χ0) is 15.9. The SMILES string of the molecule is O=C(CSc1nnc(NCc2ccccc2)s1)NC1CCCC1. The minimum atomic E-state index is 0.0934. The third-order valence-corrected chi connectivity index (χ3v) is 5.75. The first kappa shape index (κ1) is 16.3. The van der Waals surface area contributed by atoms with Crippen LogP contribution in [0, 0.1) is 0 Å². The Labute approximate surface area is 144 Å². The van der Waals surface area contributed by atoms with E-state index in [1.807, 2.05) is 18.2 Å². The van der Waals surface area contributed by atoms with Gasteiger partial charge in [0.05, 0.1) is 5.75 Å². The normalized spacial score (nSPS) is 14.8. The van der Waals surface area contributed by atoms with Gasteiger partial charge in [0.25, 0.3) is 0 Å². The summed E-state index contributed by atoms with van der Waals surface area (Å²) in [6.45, 7) is 0.725. The molecular weight excluding hydrogens is 328 g/mol. The van der Waals surface area contributed by atoms with Gasteiger partial charge in [-0.2, -0.15) is 0 Å². The lowest BCUT2D eigenvalue weighted by atomic mass is 10.2. The minimum Gasteiger partial charge on any atom is -0.356 e. The maximum absolute atomic E-state index is 11.9. The highest BCUT2D eigenvalue weighted by Crippen LogP contribution is 2.26. The number of carbonyl (C=O) groups excluding carboxylic acids is 1. The van der Waals surface area contributed by atoms with Gasteiger partial charge in [-0.3, -0.25) is 4.79 Å². The van der Waals surface area contributed by atoms with Crippen LogP contribution in [0.3, 0.4) is 0 Å². The van der Waals surface area contributed by atoms with Crippen molar-refractivity contribution in [2.75, 3.05) is 11.1 Å². The average Bonchev–Trinajstić information content (AvgIpc) is 3.24. The maximum Gasteiger partial charge on any atom is 0.230 e. The first-order chi connectivity index (χ1) is 11.3. The van der Waals surface area contributed by atoms with E-state index in [1.165, 1.54) is 41.5 Å². The number of aromatic nitrogens is 2. The molecule has 122 valence electrons. The molecule has 5 nitrogen and oxygen atoms in total. The van der Waals surface area contributed by atoms with Gasteiger partial charge in [0, 0.05) is 12.6 Å². The minimum absolute atomic E-state index is 0.0934. The Hall–Kier alpha value is -1.60. The highest BCUT2D eigenvalue weighted by molar-refractivity contribution is 8.01. The fourth-order valence-electron chi connectivity index (χ4n) is 2.58. The molecule has 1 heterocycles. The first-order valence-electron chi connectivity index (χ1n) is 7.83. The maximum atomic E-state index is 11.9. The molecule has 2 aromatic rings. The van der Waals surface area contributed by atoms with Gasteiger partial charge in [-0.25, -0.2) is 0 Å². The van der Waals surface area contributed by atoms with E-state index < -0.39 is 0 Å². The number of nitrogens with zero attached hydrogens (tertiary/aromatic N) is 2. The van der Waals surface area contributed by atoms with E-state index >= 15 is 0 Å². The predicted octanol–water partition coefficient (Wildman–Crippen LogP) is 3.30. The zero-order valence-electron chi connectivity index (χ0n) is 12.8. The van der Waals surface area contributed by atoms with Crippen LogP contribution in [0.25, 0.3) is 0 Å². The van der Waals surface area contributed by atoms with Crippen LogP contribution < -0.4 is 10.6 Å². The zero-order valence-corrected chi connectivity index (χ0v) is 14.5. The molecular formula is C16H20N4OS2. The molecule has 0 spiro atoms. The summed E-state index contributed by atoms with van der Waals surface area (Å²) in [5.41, 5.74) is 1.20. The Balaban J connectivity index is 1.41. The summed E-state index contributed by atoms with van der Waals surface area (Å²) >= 11 is 2.93. The van der Waals surface area contributed by atoms with Gasteiger partial charge < -0.3 is 10.6 Å². The molecule has 0 radical (unpaired) electrons. The smallest absolute Gasteiger partial charge is 0.230 e. The molecule has 1 aromatic heterocycles. The molecule has 0 saturated heterocycles. The van der Waals surface area contributed by atoms with Crippen molar-refractivity contribution in [3.63, 3.8) is 0 Å². The molecule has 0 atom stereocenters. The number of nitrogens with one attached hydrogen (secondary N) is 2. The monoisotopic (exact) mass is 348 g/mol. The third kappa shape index (κ3) is 5.21. The lowest BCUT2D eigenvalue weighted by molar-refractivity contribution is -0.119. The molecule has 0 aliphatic heterocycles. The fourth-order valence-corrected chi connectivity index (χ4v) is 4.14. The van der Waals surface area contributed by atoms with E-state index in [4.69, 9.17) is 0 Å². The second-order valence-corrected chi connectivity index (χ2v) is 7.75. The van der Waals surface area contributed by atoms with Crippen molar-refractivity contribution in [1.82, 2.24) is 15.5 Å². The first-order valence-corrected chi connectivity index (χ1v) is 9.63. The summed E-state index contributed by atoms with van der Waals surface area (Å²) < 4.78 is 0.821. The summed E-state index contributed by atoms with van der Waals surface area (Å²) in [5, 5.41) is 15.4. The molecule has 1 aromatic carbocycles. The molecule has 23 heavy (non-hydrogen) atoms. The van der Waals surface area contributed by atoms with Crippen molar-refractivity contribution in [2.24, 2.45) is 0 Å². The van der Waals surface area contributed by atoms with Crippen molar-refractivity contribution in [2.45, 2.75) is 42.6 Å². The number of amides is 1. The topological polar surface area (TPSA) is 66.9 Å². The molecule has 1 saturated carbocycles. The Kier molecular flexibility index (Phi) is 5.87. The van der Waals surface area contributed by atoms with Gasteiger partial charge in [-0.05, 0) is 18.4 Å². The van der Waals surface area contributed by atoms with E-state index in [1.54, 1.807) is 0 Å². The average molecular weight is 348 g/mol. The van der Waals surface area contributed by atoms with Crippen LogP contribution in [-0.4, -0.2) is 27.9 Å². The van der Waals surface area contributed by atoms with E-state index in [2.05, 4.69) is 33.0 Å². The van der Waals surface area contributed by atoms with E-state index in [0.717, 1.165) is 28.9 Å². The van der Waals surface area contributed by atoms with Gasteiger partial charge >= 0.3 is 0 Å². The van der Waals surface area contributed by atoms with Gasteiger partial charge in [-0.15, -0.1) is 10.2 Å². The molecule has 1 fully saturated rings. The predicted molar refractivity (Wildman–Crippen MR) is 94.8 cm³/mol. The molecule has 0 unspecified atom stereocenters. The summed E-state index contributed by atoms with van der Waals surface area (Å²) in [6.07, 6.45) is 4.68. The number of anilines is 1. The van der Waals surface area contributed by atoms with Crippen LogP contribution in [-0.2, 0) is 11.3 Å². The molecule has 0 bridgehead atoms. The number of hydrogen-bond donors (Lipinski definition) is 2. The van der Waals surface area contributed by atoms with Crippen LogP contribution in [0.5, 0.6) is 0 Å². The van der Waals surface area contributed by atoms with Crippen molar-refractivity contribution in [3.05, 3.63) is 35.9 Å². The van der Waals surface area contributed by atoms with Crippen LogP contribution >= 0.6 is 23.1 Å². The largest absolute Gasteiger partial charge is 0.356 e. The molecule has 1 amide bonds. The van der Waals surface area contributed by atoms with Crippen molar-refractivity contribution in [1.29, 1.82) is 0 Å². The highest BCUT2D eigenvalue weighted by atomic mass is 32.2. The van der Waals surface area contributed by atoms with Gasteiger partial charge in [0.1, 0.15) is 0 Å². The standard InChI is InChI=1S/C16H20N4OS2/c21-14(18-13-8-4-5-9-13)11-22-16-20-19-15(23-16)17-10-12-6-2-1-3-7-12/h1-3,6-7,13H,4-5,8-11H2,(H,17,19)(H,18,21). The van der Waals surface area contributed by atoms with Crippen LogP contribution in [0.4, 0.5) is 5.13 Å². The number of carbonyl (C=O) groups is 1. The van der Waals surface area contributed by atoms with Crippen molar-refractivity contribution < 1.29 is 4.79 Å². The summed E-state index contributed by atoms with van der Waals surface area (Å²) in [6, 6.07) is 10.5. The number of rotatable bonds is 7. The Bertz CT molecular complexity index is 626. The van der Waals surface area contributed by atoms with Gasteiger partial charge in [-0.1, -0.05) is 66.3 Å². The Morgan fingerprint density at radius 3 is 2.78 bits per heavy atom.